The van der Waals surface area contributed by atoms with Crippen molar-refractivity contribution < 1.29 is 36.7 Å². The van der Waals surface area contributed by atoms with E-state index in [1.807, 2.05) is 84.9 Å². The van der Waals surface area contributed by atoms with Crippen LogP contribution in [-0.2, 0) is 45.7 Å². The Morgan fingerprint density at radius 2 is 0.952 bits per heavy atom. The number of carbonyl (C=O) groups is 2. The van der Waals surface area contributed by atoms with Crippen molar-refractivity contribution in [2.24, 2.45) is 0 Å². The third-order valence-corrected chi connectivity index (χ3v) is 15.6. The first-order valence-corrected chi connectivity index (χ1v) is 22.9. The van der Waals surface area contributed by atoms with Crippen LogP contribution >= 0.6 is 0 Å². The number of nitrogens with zero attached hydrogens (tertiary/aromatic N) is 5. The van der Waals surface area contributed by atoms with Crippen molar-refractivity contribution in [3.63, 3.8) is 0 Å². The molecule has 312 valence electrons. The zero-order valence-electron chi connectivity index (χ0n) is 34.8. The van der Waals surface area contributed by atoms with Crippen molar-refractivity contribution >= 4 is 43.0 Å². The van der Waals surface area contributed by atoms with Gasteiger partial charge in [0.05, 0.1) is 0 Å². The van der Waals surface area contributed by atoms with Gasteiger partial charge in [0.25, 0.3) is 0 Å². The van der Waals surface area contributed by atoms with E-state index in [2.05, 4.69) is 138 Å². The van der Waals surface area contributed by atoms with Crippen LogP contribution in [0.3, 0.4) is 0 Å². The number of carbonyl (C=O) groups excluding carboxylic acids is 2. The van der Waals surface area contributed by atoms with E-state index >= 15 is 0 Å². The van der Waals surface area contributed by atoms with Crippen LogP contribution < -0.4 is 14.7 Å². The van der Waals surface area contributed by atoms with Gasteiger partial charge < -0.3 is 0 Å². The van der Waals surface area contributed by atoms with Gasteiger partial charge in [0, 0.05) is 0 Å². The summed E-state index contributed by atoms with van der Waals surface area (Å²) in [7, 11) is 4.21. The standard InChI is InChI=1S/C52H45N5O4.Pt/c1-52(2)45-25-13-23-43(50(58)60-33-37-15-7-5-8-16-37)47(45)49(48-44(24-14-26-46(48)52)51(59)61-34-38-17-9-6-10-18-38)57(41-21-11-19-39(31-41)55-29-27-53(3)35-55)42-22-12-20-40(32-42)56-30-28-54(4)36-56;/h5-32,49H,33-34H2,1-4H3;. The van der Waals surface area contributed by atoms with E-state index in [4.69, 9.17) is 9.47 Å². The predicted molar refractivity (Wildman–Crippen MR) is 242 cm³/mol. The minimum atomic E-state index is -0.685. The van der Waals surface area contributed by atoms with Gasteiger partial charge in [-0.15, -0.1) is 0 Å². The van der Waals surface area contributed by atoms with Crippen LogP contribution in [-0.4, -0.2) is 44.1 Å². The van der Waals surface area contributed by atoms with Crippen molar-refractivity contribution in [1.82, 2.24) is 9.80 Å². The second kappa shape index (κ2) is 15.9. The van der Waals surface area contributed by atoms with Crippen LogP contribution in [0.1, 0.15) is 74.0 Å². The van der Waals surface area contributed by atoms with Crippen LogP contribution in [0.5, 0.6) is 0 Å². The van der Waals surface area contributed by atoms with Gasteiger partial charge in [-0.1, -0.05) is 60.7 Å². The Bertz CT molecular complexity index is 2700. The molecule has 4 bridgehead atoms. The summed E-state index contributed by atoms with van der Waals surface area (Å²) < 4.78 is 14.7. The molecule has 0 spiro atoms. The van der Waals surface area contributed by atoms with Gasteiger partial charge in [-0.2, -0.15) is 0 Å². The summed E-state index contributed by atoms with van der Waals surface area (Å²) >= 11 is -0.675. The third kappa shape index (κ3) is 6.87. The van der Waals surface area contributed by atoms with Gasteiger partial charge in [-0.05, 0) is 11.1 Å². The summed E-state index contributed by atoms with van der Waals surface area (Å²) in [6.07, 6.45) is 8.49. The maximum absolute atomic E-state index is 14.7. The molecule has 0 aromatic heterocycles. The molecule has 62 heavy (non-hydrogen) atoms. The summed E-state index contributed by atoms with van der Waals surface area (Å²) in [4.78, 5) is 40.7. The molecule has 3 heterocycles. The summed E-state index contributed by atoms with van der Waals surface area (Å²) in [5.41, 5.74) is 9.33. The molecular formula is C52H45N5O4Pt. The number of benzene rings is 6. The topological polar surface area (TPSA) is 68.8 Å². The third-order valence-electron chi connectivity index (χ3n) is 11.9. The summed E-state index contributed by atoms with van der Waals surface area (Å²) in [5, 5.41) is 0. The minimum absolute atomic E-state index is 0.120. The molecule has 0 fully saturated rings. The second-order valence-electron chi connectivity index (χ2n) is 16.2. The molecular weight excluding hydrogens is 954 g/mol. The van der Waals surface area contributed by atoms with E-state index in [1.54, 1.807) is 0 Å². The zero-order valence-corrected chi connectivity index (χ0v) is 37.1. The van der Waals surface area contributed by atoms with Gasteiger partial charge in [0.1, 0.15) is 0 Å². The molecule has 6 aromatic carbocycles. The summed E-state index contributed by atoms with van der Waals surface area (Å²) in [5.74, 6) is -0.872. The molecule has 10 heteroatoms. The van der Waals surface area contributed by atoms with Crippen LogP contribution in [0.25, 0.3) is 0 Å². The van der Waals surface area contributed by atoms with Gasteiger partial charge in [-0.25, -0.2) is 0 Å². The van der Waals surface area contributed by atoms with Crippen molar-refractivity contribution in [2.75, 3.05) is 28.8 Å². The van der Waals surface area contributed by atoms with Crippen LogP contribution in [0.2, 0.25) is 0 Å². The number of anilines is 4. The van der Waals surface area contributed by atoms with Gasteiger partial charge in [0.15, 0.2) is 0 Å². The average molecular weight is 999 g/mol. The van der Waals surface area contributed by atoms with Gasteiger partial charge in [-0.3, -0.25) is 0 Å². The van der Waals surface area contributed by atoms with E-state index in [-0.39, 0.29) is 13.2 Å². The first-order chi connectivity index (χ1) is 30.2. The second-order valence-corrected chi connectivity index (χ2v) is 18.8. The monoisotopic (exact) mass is 998 g/mol. The van der Waals surface area contributed by atoms with Gasteiger partial charge in [0.2, 0.25) is 0 Å². The molecule has 0 atom stereocenters. The Morgan fingerprint density at radius 1 is 0.532 bits per heavy atom. The molecule has 0 radical (unpaired) electrons. The van der Waals surface area contributed by atoms with Gasteiger partial charge >= 0.3 is 300 Å². The number of fused-ring (bicyclic) bond motifs is 10. The van der Waals surface area contributed by atoms with Crippen molar-refractivity contribution in [3.05, 3.63) is 215 Å². The Hall–Kier alpha value is -6.83. The molecule has 3 aliphatic heterocycles. The quantitative estimate of drug-likeness (QED) is 0.146. The first kappa shape index (κ1) is 39.3. The average Bonchev–Trinajstić information content (AvgIpc) is 3.86. The molecule has 0 saturated heterocycles. The molecule has 6 aromatic rings. The predicted octanol–water partition coefficient (Wildman–Crippen LogP) is 9.68. The normalized spacial score (nSPS) is 16.1. The number of esters is 2. The summed E-state index contributed by atoms with van der Waals surface area (Å²) in [6, 6.07) is 47.8. The van der Waals surface area contributed by atoms with E-state index in [0.717, 1.165) is 56.1 Å². The molecule has 4 aliphatic rings. The maximum atomic E-state index is 14.7. The SMILES string of the molecule is CN1C=CN2[C]1=[Pt]=[C]1N(C)C=CN1c1cccc(c1)N(C1c3c(C(=O)OCc4ccccc4)cccc3C(C)(C)c3cccc(C(=O)OCc4ccccc4)c31)c1cccc2c1. The fraction of sp³-hybridized carbons (Fsp3) is 0.154. The first-order valence-electron chi connectivity index (χ1n) is 20.6. The fourth-order valence-corrected chi connectivity index (χ4v) is 11.9. The number of rotatable bonds is 7. The van der Waals surface area contributed by atoms with E-state index in [1.165, 1.54) is 8.29 Å². The van der Waals surface area contributed by atoms with E-state index in [9.17, 15) is 9.59 Å². The van der Waals surface area contributed by atoms with E-state index < -0.39 is 41.0 Å². The Kier molecular flexibility index (Phi) is 10.1. The van der Waals surface area contributed by atoms with E-state index in [0.29, 0.717) is 11.1 Å². The Morgan fingerprint density at radius 3 is 1.40 bits per heavy atom. The Balaban J connectivity index is 1.23. The number of hydrogen-bond acceptors (Lipinski definition) is 9. The summed E-state index contributed by atoms with van der Waals surface area (Å²) in [6.45, 7) is 4.57. The number of hydrogen-bond donors (Lipinski definition) is 0. The molecule has 10 rings (SSSR count). The van der Waals surface area contributed by atoms with Crippen LogP contribution in [0.15, 0.2) is 170 Å². The fourth-order valence-electron chi connectivity index (χ4n) is 8.87. The molecule has 9 nitrogen and oxygen atoms in total. The van der Waals surface area contributed by atoms with Crippen molar-refractivity contribution in [2.45, 2.75) is 38.5 Å². The molecule has 0 saturated carbocycles. The van der Waals surface area contributed by atoms with Crippen LogP contribution in [0.4, 0.5) is 22.7 Å². The molecule has 1 aliphatic carbocycles. The Labute approximate surface area is 369 Å². The number of ether oxygens (including phenoxy) is 2. The molecule has 0 amide bonds. The van der Waals surface area contributed by atoms with Crippen molar-refractivity contribution in [1.29, 1.82) is 0 Å². The van der Waals surface area contributed by atoms with Crippen molar-refractivity contribution in [3.8, 4) is 0 Å². The zero-order chi connectivity index (χ0) is 42.5. The molecule has 0 unspecified atom stereocenters. The van der Waals surface area contributed by atoms with Crippen LogP contribution in [0, 0.1) is 0 Å². The molecule has 0 N–H and O–H groups in total.